The number of rotatable bonds is 3. The summed E-state index contributed by atoms with van der Waals surface area (Å²) in [5.74, 6) is 0.335. The van der Waals surface area contributed by atoms with Crippen molar-refractivity contribution in [3.05, 3.63) is 59.9 Å². The molecular weight excluding hydrogens is 472 g/mol. The molecule has 1 N–H and O–H groups in total. The van der Waals surface area contributed by atoms with Crippen molar-refractivity contribution in [2.24, 2.45) is 5.92 Å². The van der Waals surface area contributed by atoms with Gasteiger partial charge in [0.25, 0.3) is 0 Å². The number of ketones is 1. The Balaban J connectivity index is 1.44. The summed E-state index contributed by atoms with van der Waals surface area (Å²) < 4.78 is 23.1. The summed E-state index contributed by atoms with van der Waals surface area (Å²) in [6.07, 6.45) is 13.2. The predicted molar refractivity (Wildman–Crippen MR) is 140 cm³/mol. The molecule has 0 saturated carbocycles. The van der Waals surface area contributed by atoms with Crippen LogP contribution in [0.4, 0.5) is 0 Å². The number of hydrogen-bond acceptors (Lipinski definition) is 7. The van der Waals surface area contributed by atoms with E-state index in [4.69, 9.17) is 18.9 Å². The molecule has 37 heavy (non-hydrogen) atoms. The van der Waals surface area contributed by atoms with Gasteiger partial charge in [0.05, 0.1) is 30.2 Å². The highest BCUT2D eigenvalue weighted by Gasteiger charge is 2.47. The first-order valence-corrected chi connectivity index (χ1v) is 13.5. The Morgan fingerprint density at radius 3 is 2.84 bits per heavy atom. The van der Waals surface area contributed by atoms with Crippen molar-refractivity contribution in [2.75, 3.05) is 6.61 Å². The van der Waals surface area contributed by atoms with Gasteiger partial charge in [-0.1, -0.05) is 42.9 Å². The quantitative estimate of drug-likeness (QED) is 0.334. The minimum Gasteiger partial charge on any atom is -0.494 e. The lowest BCUT2D eigenvalue weighted by Crippen LogP contribution is -2.30. The lowest BCUT2D eigenvalue weighted by molar-refractivity contribution is -0.150. The number of hydrogen-bond donors (Lipinski definition) is 1. The highest BCUT2D eigenvalue weighted by Crippen LogP contribution is 2.34. The highest BCUT2D eigenvalue weighted by molar-refractivity contribution is 5.89. The Kier molecular flexibility index (Phi) is 9.57. The van der Waals surface area contributed by atoms with E-state index in [1.807, 2.05) is 19.1 Å². The number of carbonyl (C=O) groups is 2. The van der Waals surface area contributed by atoms with Crippen LogP contribution in [0.1, 0.15) is 65.2 Å². The van der Waals surface area contributed by atoms with Gasteiger partial charge in [-0.3, -0.25) is 4.79 Å². The van der Waals surface area contributed by atoms with Crippen LogP contribution in [0.5, 0.6) is 0 Å². The topological polar surface area (TPSA) is 94.6 Å². The van der Waals surface area contributed by atoms with Crippen LogP contribution < -0.4 is 0 Å². The Hall–Kier alpha value is -2.48. The zero-order valence-electron chi connectivity index (χ0n) is 22.0. The third-order valence-corrected chi connectivity index (χ3v) is 7.29. The molecule has 7 atom stereocenters. The second-order valence-corrected chi connectivity index (χ2v) is 10.8. The number of fused-ring (bicyclic) bond motifs is 3. The molecule has 0 unspecified atom stereocenters. The van der Waals surface area contributed by atoms with Crippen molar-refractivity contribution in [3.63, 3.8) is 0 Å². The smallest absolute Gasteiger partial charge is 0.331 e. The molecule has 0 amide bonds. The summed E-state index contributed by atoms with van der Waals surface area (Å²) in [5, 5.41) is 10.7. The van der Waals surface area contributed by atoms with Crippen molar-refractivity contribution < 1.29 is 33.6 Å². The SMILES string of the molecule is C=C1C[C@H](C)C[C@@H]2CC=C[C@@H](CC=CC(=O)O[C@H](C(=O)CC=C3CC(C)=CCO3)C[C@@H]3O[C@H]3[C@@H](O)C1)O2. The second-order valence-electron chi connectivity index (χ2n) is 10.8. The monoisotopic (exact) mass is 512 g/mol. The van der Waals surface area contributed by atoms with Gasteiger partial charge in [0.1, 0.15) is 12.7 Å². The van der Waals surface area contributed by atoms with E-state index in [1.54, 1.807) is 12.2 Å². The van der Waals surface area contributed by atoms with Gasteiger partial charge in [-0.15, -0.1) is 0 Å². The van der Waals surface area contributed by atoms with E-state index < -0.39 is 24.3 Å². The number of Topliss-reactive ketones (excluding diaryl/α,β-unsaturated/α-hetero) is 1. The van der Waals surface area contributed by atoms with E-state index in [2.05, 4.69) is 19.6 Å². The predicted octanol–water partition coefficient (Wildman–Crippen LogP) is 4.66. The van der Waals surface area contributed by atoms with E-state index in [9.17, 15) is 14.7 Å². The van der Waals surface area contributed by atoms with Crippen LogP contribution in [0.2, 0.25) is 0 Å². The number of carbonyl (C=O) groups excluding carboxylic acids is 2. The Morgan fingerprint density at radius 1 is 1.19 bits per heavy atom. The van der Waals surface area contributed by atoms with Crippen LogP contribution >= 0.6 is 0 Å². The molecule has 0 radical (unpaired) electrons. The summed E-state index contributed by atoms with van der Waals surface area (Å²) in [6.45, 7) is 8.88. The zero-order valence-corrected chi connectivity index (χ0v) is 22.0. The molecule has 4 heterocycles. The fourth-order valence-electron chi connectivity index (χ4n) is 5.32. The number of aliphatic hydroxyl groups is 1. The van der Waals surface area contributed by atoms with Crippen LogP contribution in [-0.2, 0) is 28.5 Å². The van der Waals surface area contributed by atoms with Crippen LogP contribution in [0, 0.1) is 5.92 Å². The molecule has 7 heteroatoms. The fraction of sp³-hybridized carbons (Fsp3) is 0.600. The first kappa shape index (κ1) is 27.6. The maximum absolute atomic E-state index is 13.1. The standard InChI is InChI=1S/C30H40O7/c1-19-12-13-34-23(15-19)10-11-25(31)27-18-28-30(37-28)26(32)17-21(3)14-20(2)16-24-8-4-6-22(35-24)7-5-9-29(33)36-27/h4-6,9-10,12,20,22,24,26-28,30,32H,3,7-8,11,13-18H2,1-2H3/t20-,22-,24-,26-,27-,28-,30-/m0/s1. The summed E-state index contributed by atoms with van der Waals surface area (Å²) in [6, 6.07) is 0. The van der Waals surface area contributed by atoms with Gasteiger partial charge in [-0.25, -0.2) is 4.79 Å². The Labute approximate surface area is 219 Å². The second kappa shape index (κ2) is 12.9. The van der Waals surface area contributed by atoms with Gasteiger partial charge in [0.2, 0.25) is 0 Å². The largest absolute Gasteiger partial charge is 0.494 e. The fourth-order valence-corrected chi connectivity index (χ4v) is 5.32. The van der Waals surface area contributed by atoms with Crippen molar-refractivity contribution in [3.8, 4) is 0 Å². The minimum atomic E-state index is -0.964. The van der Waals surface area contributed by atoms with E-state index in [0.717, 1.165) is 30.6 Å². The molecular formula is C30H40O7. The molecule has 0 spiro atoms. The van der Waals surface area contributed by atoms with Crippen LogP contribution in [0.15, 0.2) is 59.9 Å². The summed E-state index contributed by atoms with van der Waals surface area (Å²) in [5.41, 5.74) is 2.17. The molecule has 0 aromatic rings. The molecule has 0 aliphatic carbocycles. The van der Waals surface area contributed by atoms with Gasteiger partial charge < -0.3 is 24.1 Å². The van der Waals surface area contributed by atoms with E-state index in [-0.39, 0.29) is 36.9 Å². The third kappa shape index (κ3) is 8.52. The number of ether oxygens (including phenoxy) is 4. The molecule has 202 valence electrons. The van der Waals surface area contributed by atoms with Crippen molar-refractivity contribution in [2.45, 2.75) is 102 Å². The van der Waals surface area contributed by atoms with Crippen LogP contribution in [-0.4, -0.2) is 60.1 Å². The molecule has 0 aromatic heterocycles. The minimum absolute atomic E-state index is 0.0982. The van der Waals surface area contributed by atoms with Gasteiger partial charge >= 0.3 is 5.97 Å². The van der Waals surface area contributed by atoms with E-state index in [1.165, 1.54) is 11.6 Å². The first-order valence-electron chi connectivity index (χ1n) is 13.5. The average molecular weight is 513 g/mol. The zero-order chi connectivity index (χ0) is 26.4. The number of aliphatic hydroxyl groups excluding tert-OH is 1. The molecule has 1 fully saturated rings. The molecule has 4 aliphatic heterocycles. The normalized spacial score (nSPS) is 36.5. The van der Waals surface area contributed by atoms with Crippen molar-refractivity contribution in [1.29, 1.82) is 0 Å². The number of allylic oxidation sites excluding steroid dienone is 2. The molecule has 1 saturated heterocycles. The van der Waals surface area contributed by atoms with Crippen molar-refractivity contribution in [1.82, 2.24) is 0 Å². The molecule has 4 aliphatic rings. The van der Waals surface area contributed by atoms with Crippen LogP contribution in [0.25, 0.3) is 0 Å². The van der Waals surface area contributed by atoms with E-state index >= 15 is 0 Å². The number of epoxide rings is 1. The lowest BCUT2D eigenvalue weighted by atomic mass is 9.91. The number of cyclic esters (lactones) is 1. The Bertz CT molecular complexity index is 974. The molecule has 7 nitrogen and oxygen atoms in total. The van der Waals surface area contributed by atoms with Gasteiger partial charge in [0.15, 0.2) is 11.9 Å². The summed E-state index contributed by atoms with van der Waals surface area (Å²) in [4.78, 5) is 25.7. The van der Waals surface area contributed by atoms with E-state index in [0.29, 0.717) is 31.8 Å². The van der Waals surface area contributed by atoms with Crippen molar-refractivity contribution >= 4 is 11.8 Å². The van der Waals surface area contributed by atoms with Gasteiger partial charge in [-0.2, -0.15) is 0 Å². The van der Waals surface area contributed by atoms with Gasteiger partial charge in [0, 0.05) is 25.3 Å². The maximum Gasteiger partial charge on any atom is 0.331 e. The summed E-state index contributed by atoms with van der Waals surface area (Å²) in [7, 11) is 0. The average Bonchev–Trinajstić information content (AvgIpc) is 3.61. The highest BCUT2D eigenvalue weighted by atomic mass is 16.6. The van der Waals surface area contributed by atoms with Crippen LogP contribution in [0.3, 0.4) is 0 Å². The molecule has 0 aromatic carbocycles. The Morgan fingerprint density at radius 2 is 2.03 bits per heavy atom. The summed E-state index contributed by atoms with van der Waals surface area (Å²) >= 11 is 0. The maximum atomic E-state index is 13.1. The first-order chi connectivity index (χ1) is 17.8. The lowest BCUT2D eigenvalue weighted by Gasteiger charge is -2.28. The third-order valence-electron chi connectivity index (χ3n) is 7.29. The molecule has 4 rings (SSSR count). The molecule has 2 bridgehead atoms. The number of esters is 1. The van der Waals surface area contributed by atoms with Gasteiger partial charge in [-0.05, 0) is 57.1 Å².